The monoisotopic (exact) mass is 329 g/mol. The van der Waals surface area contributed by atoms with E-state index in [1.807, 2.05) is 19.9 Å². The van der Waals surface area contributed by atoms with Gasteiger partial charge in [-0.2, -0.15) is 0 Å². The topological polar surface area (TPSA) is 69.7 Å². The number of para-hydroxylation sites is 1. The number of hydrogen-bond donors (Lipinski definition) is 1. The molecule has 0 bridgehead atoms. The summed E-state index contributed by atoms with van der Waals surface area (Å²) in [6.45, 7) is 4.49. The quantitative estimate of drug-likeness (QED) is 0.920. The lowest BCUT2D eigenvalue weighted by molar-refractivity contribution is -0.141. The van der Waals surface area contributed by atoms with Crippen LogP contribution >= 0.6 is 0 Å². The Balaban J connectivity index is 1.89. The van der Waals surface area contributed by atoms with Crippen LogP contribution in [0.5, 0.6) is 0 Å². The van der Waals surface area contributed by atoms with E-state index in [4.69, 9.17) is 0 Å². The highest BCUT2D eigenvalue weighted by atomic mass is 16.2. The molecule has 24 heavy (non-hydrogen) atoms. The average Bonchev–Trinajstić information content (AvgIpc) is 3.00. The number of urea groups is 1. The molecule has 3 rings (SSSR count). The van der Waals surface area contributed by atoms with Gasteiger partial charge in [-0.05, 0) is 31.4 Å². The molecule has 6 heteroatoms. The molecule has 2 aliphatic rings. The van der Waals surface area contributed by atoms with Gasteiger partial charge in [0, 0.05) is 12.5 Å². The molecular weight excluding hydrogens is 306 g/mol. The normalized spacial score (nSPS) is 23.5. The fourth-order valence-electron chi connectivity index (χ4n) is 3.65. The molecule has 1 aromatic rings. The standard InChI is InChI=1S/C18H23N3O3/c1-3-12(4-2)16(22)20-11-10-14-15(20)17(23)21(18(24)19-14)13-8-6-5-7-9-13/h5-9,12,14-15H,3-4,10-11H2,1-2H3,(H,19,24)/t14-,15-/m0/s1. The molecule has 1 aromatic carbocycles. The molecule has 2 aliphatic heterocycles. The van der Waals surface area contributed by atoms with Crippen LogP contribution in [0.15, 0.2) is 30.3 Å². The molecular formula is C18H23N3O3. The number of fused-ring (bicyclic) bond motifs is 1. The Kier molecular flexibility index (Phi) is 4.55. The zero-order valence-corrected chi connectivity index (χ0v) is 14.1. The summed E-state index contributed by atoms with van der Waals surface area (Å²) in [6.07, 6.45) is 2.13. The van der Waals surface area contributed by atoms with E-state index in [1.165, 1.54) is 0 Å². The summed E-state index contributed by atoms with van der Waals surface area (Å²) in [5.41, 5.74) is 0.528. The minimum absolute atomic E-state index is 0.0185. The second-order valence-electron chi connectivity index (χ2n) is 6.34. The number of benzene rings is 1. The Morgan fingerprint density at radius 1 is 1.21 bits per heavy atom. The van der Waals surface area contributed by atoms with Gasteiger partial charge in [-0.3, -0.25) is 9.59 Å². The van der Waals surface area contributed by atoms with Gasteiger partial charge < -0.3 is 10.2 Å². The lowest BCUT2D eigenvalue weighted by atomic mass is 9.99. The number of likely N-dealkylation sites (tertiary alicyclic amines) is 1. The van der Waals surface area contributed by atoms with Crippen molar-refractivity contribution in [2.24, 2.45) is 5.92 Å². The molecule has 0 saturated carbocycles. The molecule has 6 nitrogen and oxygen atoms in total. The summed E-state index contributed by atoms with van der Waals surface area (Å²) in [5.74, 6) is -0.365. The van der Waals surface area contributed by atoms with E-state index >= 15 is 0 Å². The van der Waals surface area contributed by atoms with Gasteiger partial charge in [-0.1, -0.05) is 32.0 Å². The van der Waals surface area contributed by atoms with Gasteiger partial charge in [0.25, 0.3) is 5.91 Å². The summed E-state index contributed by atoms with van der Waals surface area (Å²) in [5, 5.41) is 2.89. The third kappa shape index (κ3) is 2.66. The first-order chi connectivity index (χ1) is 11.6. The molecule has 0 aromatic heterocycles. The second-order valence-corrected chi connectivity index (χ2v) is 6.34. The summed E-state index contributed by atoms with van der Waals surface area (Å²) >= 11 is 0. The van der Waals surface area contributed by atoms with Crippen LogP contribution in [0.2, 0.25) is 0 Å². The van der Waals surface area contributed by atoms with Gasteiger partial charge >= 0.3 is 6.03 Å². The van der Waals surface area contributed by atoms with Crippen LogP contribution in [0.4, 0.5) is 10.5 Å². The maximum absolute atomic E-state index is 13.0. The van der Waals surface area contributed by atoms with Crippen molar-refractivity contribution in [1.82, 2.24) is 10.2 Å². The highest BCUT2D eigenvalue weighted by Gasteiger charge is 2.50. The highest BCUT2D eigenvalue weighted by molar-refractivity contribution is 6.19. The minimum Gasteiger partial charge on any atom is -0.332 e. The molecule has 0 radical (unpaired) electrons. The number of carbonyl (C=O) groups excluding carboxylic acids is 3. The fraction of sp³-hybridized carbons (Fsp3) is 0.500. The SMILES string of the molecule is CCC(CC)C(=O)N1CC[C@@H]2NC(=O)N(c3ccccc3)C(=O)[C@H]21. The van der Waals surface area contributed by atoms with Gasteiger partial charge in [-0.15, -0.1) is 0 Å². The lowest BCUT2D eigenvalue weighted by Crippen LogP contribution is -2.65. The summed E-state index contributed by atoms with van der Waals surface area (Å²) < 4.78 is 0. The van der Waals surface area contributed by atoms with Crippen LogP contribution in [-0.2, 0) is 9.59 Å². The second kappa shape index (κ2) is 6.63. The minimum atomic E-state index is -0.601. The highest BCUT2D eigenvalue weighted by Crippen LogP contribution is 2.29. The van der Waals surface area contributed by atoms with Crippen LogP contribution in [0, 0.1) is 5.92 Å². The number of rotatable bonds is 4. The molecule has 0 spiro atoms. The number of nitrogens with one attached hydrogen (secondary N) is 1. The van der Waals surface area contributed by atoms with Crippen LogP contribution in [-0.4, -0.2) is 41.4 Å². The van der Waals surface area contributed by atoms with Crippen molar-refractivity contribution in [3.05, 3.63) is 30.3 Å². The zero-order valence-electron chi connectivity index (χ0n) is 14.1. The number of hydrogen-bond acceptors (Lipinski definition) is 3. The predicted molar refractivity (Wildman–Crippen MR) is 90.4 cm³/mol. The molecule has 0 unspecified atom stereocenters. The molecule has 2 fully saturated rings. The van der Waals surface area contributed by atoms with E-state index < -0.39 is 12.1 Å². The van der Waals surface area contributed by atoms with Crippen molar-refractivity contribution >= 4 is 23.5 Å². The van der Waals surface area contributed by atoms with Crippen LogP contribution in [0.1, 0.15) is 33.1 Å². The first-order valence-electron chi connectivity index (χ1n) is 8.58. The third-order valence-corrected chi connectivity index (χ3v) is 5.02. The average molecular weight is 329 g/mol. The summed E-state index contributed by atoms with van der Waals surface area (Å²) in [4.78, 5) is 41.0. The van der Waals surface area contributed by atoms with E-state index in [1.54, 1.807) is 29.2 Å². The Morgan fingerprint density at radius 3 is 2.50 bits per heavy atom. The summed E-state index contributed by atoms with van der Waals surface area (Å²) in [7, 11) is 0. The number of nitrogens with zero attached hydrogens (tertiary/aromatic N) is 2. The maximum Gasteiger partial charge on any atom is 0.329 e. The third-order valence-electron chi connectivity index (χ3n) is 5.02. The molecule has 128 valence electrons. The van der Waals surface area contributed by atoms with Crippen LogP contribution in [0.3, 0.4) is 0 Å². The van der Waals surface area contributed by atoms with E-state index in [9.17, 15) is 14.4 Å². The van der Waals surface area contributed by atoms with Crippen molar-refractivity contribution < 1.29 is 14.4 Å². The van der Waals surface area contributed by atoms with Crippen molar-refractivity contribution in [2.75, 3.05) is 11.4 Å². The summed E-state index contributed by atoms with van der Waals surface area (Å²) in [6, 6.07) is 7.54. The maximum atomic E-state index is 13.0. The van der Waals surface area contributed by atoms with Crippen molar-refractivity contribution in [1.29, 1.82) is 0 Å². The van der Waals surface area contributed by atoms with Gasteiger partial charge in [-0.25, -0.2) is 9.69 Å². The Hall–Kier alpha value is -2.37. The first kappa shape index (κ1) is 16.5. The van der Waals surface area contributed by atoms with E-state index in [0.717, 1.165) is 17.7 Å². The number of carbonyl (C=O) groups is 3. The molecule has 2 heterocycles. The molecule has 2 atom stereocenters. The Bertz CT molecular complexity index is 642. The molecule has 4 amide bonds. The van der Waals surface area contributed by atoms with E-state index in [-0.39, 0.29) is 23.8 Å². The largest absolute Gasteiger partial charge is 0.332 e. The zero-order chi connectivity index (χ0) is 17.3. The Labute approximate surface area is 141 Å². The van der Waals surface area contributed by atoms with Gasteiger partial charge in [0.2, 0.25) is 5.91 Å². The molecule has 1 N–H and O–H groups in total. The van der Waals surface area contributed by atoms with Gasteiger partial charge in [0.05, 0.1) is 11.7 Å². The lowest BCUT2D eigenvalue weighted by Gasteiger charge is -2.37. The smallest absolute Gasteiger partial charge is 0.329 e. The predicted octanol–water partition coefficient (Wildman–Crippen LogP) is 2.15. The van der Waals surface area contributed by atoms with Crippen LogP contribution in [0.25, 0.3) is 0 Å². The van der Waals surface area contributed by atoms with Crippen LogP contribution < -0.4 is 10.2 Å². The van der Waals surface area contributed by atoms with Gasteiger partial charge in [0.15, 0.2) is 0 Å². The number of imide groups is 1. The van der Waals surface area contributed by atoms with Gasteiger partial charge in [0.1, 0.15) is 6.04 Å². The van der Waals surface area contributed by atoms with Crippen molar-refractivity contribution in [3.63, 3.8) is 0 Å². The first-order valence-corrected chi connectivity index (χ1v) is 8.58. The van der Waals surface area contributed by atoms with Crippen molar-refractivity contribution in [3.8, 4) is 0 Å². The number of anilines is 1. The van der Waals surface area contributed by atoms with E-state index in [0.29, 0.717) is 18.7 Å². The van der Waals surface area contributed by atoms with E-state index in [2.05, 4.69) is 5.32 Å². The molecule has 0 aliphatic carbocycles. The number of amides is 4. The fourth-order valence-corrected chi connectivity index (χ4v) is 3.65. The molecule has 2 saturated heterocycles. The Morgan fingerprint density at radius 2 is 1.88 bits per heavy atom. The van der Waals surface area contributed by atoms with Crippen molar-refractivity contribution in [2.45, 2.75) is 45.2 Å².